The Bertz CT molecular complexity index is 527. The Hall–Kier alpha value is -0.670. The normalized spacial score (nSPS) is 10.4. The molecule has 0 bridgehead atoms. The number of halogens is 2. The van der Waals surface area contributed by atoms with Crippen LogP contribution in [0.2, 0.25) is 0 Å². The smallest absolute Gasteiger partial charge is 0.142 e. The highest BCUT2D eigenvalue weighted by Gasteiger charge is 2.12. The van der Waals surface area contributed by atoms with E-state index in [1.807, 2.05) is 46.2 Å². The summed E-state index contributed by atoms with van der Waals surface area (Å²) in [7, 11) is 0. The van der Waals surface area contributed by atoms with Crippen LogP contribution in [0.25, 0.3) is 10.1 Å². The molecule has 0 atom stereocenters. The van der Waals surface area contributed by atoms with Crippen LogP contribution in [-0.4, -0.2) is 0 Å². The van der Waals surface area contributed by atoms with Gasteiger partial charge in [0.1, 0.15) is 5.82 Å². The summed E-state index contributed by atoms with van der Waals surface area (Å²) in [6, 6.07) is 5.75. The van der Waals surface area contributed by atoms with Crippen LogP contribution in [-0.2, 0) is 6.42 Å². The lowest BCUT2D eigenvalue weighted by molar-refractivity contribution is 0.611. The molecule has 0 aliphatic rings. The number of nitrogens with zero attached hydrogens (tertiary/aromatic N) is 1. The minimum absolute atomic E-state index is 0.139. The van der Waals surface area contributed by atoms with Gasteiger partial charge in [0.05, 0.1) is 12.5 Å². The van der Waals surface area contributed by atoms with E-state index < -0.39 is 0 Å². The molecule has 4 heteroatoms. The molecule has 0 unspecified atom stereocenters. The Kier molecular flexibility index (Phi) is 2.70. The van der Waals surface area contributed by atoms with Crippen molar-refractivity contribution in [1.29, 1.82) is 5.26 Å². The summed E-state index contributed by atoms with van der Waals surface area (Å²) in [5.41, 5.74) is 0.532. The van der Waals surface area contributed by atoms with Crippen LogP contribution in [0.4, 0.5) is 4.39 Å². The van der Waals surface area contributed by atoms with E-state index in [1.165, 1.54) is 11.3 Å². The molecule has 1 aromatic heterocycles. The Labute approximate surface area is 98.3 Å². The molecular weight excluding hydrogens is 312 g/mol. The third-order valence-electron chi connectivity index (χ3n) is 1.98. The SMILES string of the molecule is N#CCc1c(F)c(I)cc2ccsc12. The van der Waals surface area contributed by atoms with Gasteiger partial charge in [-0.3, -0.25) is 0 Å². The second-order valence-electron chi connectivity index (χ2n) is 2.82. The van der Waals surface area contributed by atoms with E-state index in [0.29, 0.717) is 9.13 Å². The number of benzene rings is 1. The Morgan fingerprint density at radius 2 is 2.36 bits per heavy atom. The summed E-state index contributed by atoms with van der Waals surface area (Å²) in [4.78, 5) is 0. The molecule has 70 valence electrons. The van der Waals surface area contributed by atoms with E-state index in [4.69, 9.17) is 5.26 Å². The van der Waals surface area contributed by atoms with Gasteiger partial charge in [-0.05, 0) is 45.5 Å². The Morgan fingerprint density at radius 1 is 1.57 bits per heavy atom. The predicted octanol–water partition coefficient (Wildman–Crippen LogP) is 3.71. The van der Waals surface area contributed by atoms with Gasteiger partial charge >= 0.3 is 0 Å². The first-order chi connectivity index (χ1) is 6.74. The number of fused-ring (bicyclic) bond motifs is 1. The Balaban J connectivity index is 2.81. The first kappa shape index (κ1) is 9.87. The maximum absolute atomic E-state index is 13.6. The van der Waals surface area contributed by atoms with Crippen molar-refractivity contribution in [1.82, 2.24) is 0 Å². The maximum atomic E-state index is 13.6. The fourth-order valence-corrected chi connectivity index (χ4v) is 2.94. The van der Waals surface area contributed by atoms with Gasteiger partial charge in [-0.15, -0.1) is 11.3 Å². The summed E-state index contributed by atoms with van der Waals surface area (Å²) in [5.74, 6) is -0.248. The summed E-state index contributed by atoms with van der Waals surface area (Å²) in [6.07, 6.45) is 0.139. The molecule has 0 N–H and O–H groups in total. The molecule has 0 aliphatic carbocycles. The predicted molar refractivity (Wildman–Crippen MR) is 63.8 cm³/mol. The van der Waals surface area contributed by atoms with Gasteiger partial charge < -0.3 is 0 Å². The lowest BCUT2D eigenvalue weighted by Gasteiger charge is -2.02. The second kappa shape index (κ2) is 3.83. The molecule has 0 fully saturated rings. The molecule has 0 aliphatic heterocycles. The van der Waals surface area contributed by atoms with Crippen LogP contribution in [0.15, 0.2) is 17.5 Å². The van der Waals surface area contributed by atoms with Crippen LogP contribution in [0.5, 0.6) is 0 Å². The lowest BCUT2D eigenvalue weighted by Crippen LogP contribution is -1.92. The number of thiophene rings is 1. The van der Waals surface area contributed by atoms with Crippen LogP contribution in [0.3, 0.4) is 0 Å². The van der Waals surface area contributed by atoms with Crippen molar-refractivity contribution in [2.45, 2.75) is 6.42 Å². The van der Waals surface area contributed by atoms with Crippen molar-refractivity contribution in [2.24, 2.45) is 0 Å². The lowest BCUT2D eigenvalue weighted by atomic mass is 10.1. The fraction of sp³-hybridized carbons (Fsp3) is 0.100. The molecule has 0 saturated carbocycles. The third-order valence-corrected chi connectivity index (χ3v) is 3.76. The van der Waals surface area contributed by atoms with Crippen molar-refractivity contribution >= 4 is 44.0 Å². The highest BCUT2D eigenvalue weighted by Crippen LogP contribution is 2.30. The Morgan fingerprint density at radius 3 is 3.07 bits per heavy atom. The molecule has 0 amide bonds. The minimum Gasteiger partial charge on any atom is -0.205 e. The number of hydrogen-bond acceptors (Lipinski definition) is 2. The van der Waals surface area contributed by atoms with Gasteiger partial charge in [0, 0.05) is 13.8 Å². The van der Waals surface area contributed by atoms with E-state index in [9.17, 15) is 4.39 Å². The van der Waals surface area contributed by atoms with Crippen molar-refractivity contribution < 1.29 is 4.39 Å². The van der Waals surface area contributed by atoms with Crippen molar-refractivity contribution in [3.63, 3.8) is 0 Å². The van der Waals surface area contributed by atoms with Gasteiger partial charge in [-0.2, -0.15) is 5.26 Å². The van der Waals surface area contributed by atoms with Crippen molar-refractivity contribution in [2.75, 3.05) is 0 Å². The average molecular weight is 317 g/mol. The largest absolute Gasteiger partial charge is 0.205 e. The molecule has 0 radical (unpaired) electrons. The van der Waals surface area contributed by atoms with Gasteiger partial charge in [0.15, 0.2) is 0 Å². The molecule has 1 heterocycles. The summed E-state index contributed by atoms with van der Waals surface area (Å²) in [5, 5.41) is 11.6. The highest BCUT2D eigenvalue weighted by atomic mass is 127. The van der Waals surface area contributed by atoms with E-state index in [1.54, 1.807) is 0 Å². The molecule has 0 saturated heterocycles. The zero-order valence-corrected chi connectivity index (χ0v) is 10.0. The summed E-state index contributed by atoms with van der Waals surface area (Å²) >= 11 is 3.44. The molecule has 1 aromatic carbocycles. The number of hydrogen-bond donors (Lipinski definition) is 0. The zero-order valence-electron chi connectivity index (χ0n) is 7.05. The second-order valence-corrected chi connectivity index (χ2v) is 4.90. The van der Waals surface area contributed by atoms with Crippen LogP contribution in [0.1, 0.15) is 5.56 Å². The first-order valence-electron chi connectivity index (χ1n) is 3.95. The minimum atomic E-state index is -0.248. The third kappa shape index (κ3) is 1.51. The van der Waals surface area contributed by atoms with E-state index in [2.05, 4.69) is 0 Å². The molecule has 1 nitrogen and oxygen atoms in total. The average Bonchev–Trinajstić information content (AvgIpc) is 2.60. The van der Waals surface area contributed by atoms with Crippen molar-refractivity contribution in [3.05, 3.63) is 32.5 Å². The summed E-state index contributed by atoms with van der Waals surface area (Å²) < 4.78 is 15.1. The number of rotatable bonds is 1. The highest BCUT2D eigenvalue weighted by molar-refractivity contribution is 14.1. The maximum Gasteiger partial charge on any atom is 0.142 e. The molecule has 0 spiro atoms. The van der Waals surface area contributed by atoms with Crippen molar-refractivity contribution in [3.8, 4) is 6.07 Å². The molecular formula is C10H5FINS. The van der Waals surface area contributed by atoms with E-state index in [0.717, 1.165) is 10.1 Å². The van der Waals surface area contributed by atoms with Crippen LogP contribution >= 0.6 is 33.9 Å². The molecule has 2 rings (SSSR count). The van der Waals surface area contributed by atoms with Gasteiger partial charge in [-0.25, -0.2) is 4.39 Å². The topological polar surface area (TPSA) is 23.8 Å². The fourth-order valence-electron chi connectivity index (χ4n) is 1.36. The zero-order chi connectivity index (χ0) is 10.1. The monoisotopic (exact) mass is 317 g/mol. The van der Waals surface area contributed by atoms with Gasteiger partial charge in [-0.1, -0.05) is 0 Å². The quantitative estimate of drug-likeness (QED) is 0.736. The number of nitriles is 1. The van der Waals surface area contributed by atoms with Crippen LogP contribution in [0, 0.1) is 20.7 Å². The molecule has 14 heavy (non-hydrogen) atoms. The first-order valence-corrected chi connectivity index (χ1v) is 5.91. The molecule has 2 aromatic rings. The van der Waals surface area contributed by atoms with E-state index in [-0.39, 0.29) is 12.2 Å². The van der Waals surface area contributed by atoms with Crippen LogP contribution < -0.4 is 0 Å². The van der Waals surface area contributed by atoms with Gasteiger partial charge in [0.2, 0.25) is 0 Å². The van der Waals surface area contributed by atoms with Gasteiger partial charge in [0.25, 0.3) is 0 Å². The van der Waals surface area contributed by atoms with E-state index >= 15 is 0 Å². The standard InChI is InChI=1S/C10H5FINS/c11-9-7(1-3-13)10-6(2-4-14-10)5-8(9)12/h2,4-5H,1H2. The summed E-state index contributed by atoms with van der Waals surface area (Å²) in [6.45, 7) is 0.